The highest BCUT2D eigenvalue weighted by atomic mass is 35.5. The van der Waals surface area contributed by atoms with E-state index in [4.69, 9.17) is 27.9 Å². The molecule has 3 aromatic rings. The average Bonchev–Trinajstić information content (AvgIpc) is 2.81. The van der Waals surface area contributed by atoms with Crippen molar-refractivity contribution in [2.75, 3.05) is 30.0 Å². The fourth-order valence-electron chi connectivity index (χ4n) is 4.40. The number of para-hydroxylation sites is 1. The number of carbonyl (C=O) groups is 1. The number of benzene rings is 2. The molecule has 1 amide bonds. The first-order chi connectivity index (χ1) is 16.0. The first-order valence-electron chi connectivity index (χ1n) is 10.9. The van der Waals surface area contributed by atoms with Gasteiger partial charge in [0.2, 0.25) is 11.8 Å². The van der Waals surface area contributed by atoms with Crippen molar-refractivity contribution < 1.29 is 9.53 Å². The quantitative estimate of drug-likeness (QED) is 0.524. The van der Waals surface area contributed by atoms with Crippen LogP contribution in [0.25, 0.3) is 0 Å². The van der Waals surface area contributed by atoms with Crippen LogP contribution in [0.3, 0.4) is 0 Å². The van der Waals surface area contributed by atoms with E-state index >= 15 is 0 Å². The summed E-state index contributed by atoms with van der Waals surface area (Å²) in [5.41, 5.74) is 4.17. The zero-order valence-electron chi connectivity index (χ0n) is 18.1. The molecule has 3 heterocycles. The average molecular weight is 484 g/mol. The fourth-order valence-corrected chi connectivity index (χ4v) is 5.00. The van der Waals surface area contributed by atoms with Gasteiger partial charge in [-0.1, -0.05) is 35.3 Å². The van der Waals surface area contributed by atoms with Crippen molar-refractivity contribution in [3.8, 4) is 5.88 Å². The maximum Gasteiger partial charge on any atom is 0.268 e. The van der Waals surface area contributed by atoms with E-state index in [1.165, 1.54) is 22.2 Å². The Morgan fingerprint density at radius 1 is 1.15 bits per heavy atom. The van der Waals surface area contributed by atoms with E-state index in [0.717, 1.165) is 31.6 Å². The monoisotopic (exact) mass is 483 g/mol. The van der Waals surface area contributed by atoms with Crippen molar-refractivity contribution in [2.24, 2.45) is 0 Å². The predicted molar refractivity (Wildman–Crippen MR) is 130 cm³/mol. The van der Waals surface area contributed by atoms with E-state index in [1.807, 2.05) is 6.07 Å². The fraction of sp³-hybridized carbons (Fsp3) is 0.292. The first-order valence-corrected chi connectivity index (χ1v) is 11.6. The van der Waals surface area contributed by atoms with Crippen molar-refractivity contribution in [1.82, 2.24) is 15.3 Å². The van der Waals surface area contributed by atoms with Crippen molar-refractivity contribution in [1.29, 1.82) is 0 Å². The smallest absolute Gasteiger partial charge is 0.268 e. The standard InChI is InChI=1S/C24H23Cl2N5O2/c1-14-11-16(5-6-17(14)15-7-9-27-10-8-15)29-24-28-12-18-22(30-24)33-13-31(23(18)32)21-19(25)3-2-4-20(21)26/h2-6,11-12,15,27H,7-10,13H2,1H3,(H,28,29,30). The lowest BCUT2D eigenvalue weighted by Gasteiger charge is -2.29. The molecule has 33 heavy (non-hydrogen) atoms. The van der Waals surface area contributed by atoms with Gasteiger partial charge < -0.3 is 15.4 Å². The summed E-state index contributed by atoms with van der Waals surface area (Å²) < 4.78 is 5.76. The summed E-state index contributed by atoms with van der Waals surface area (Å²) in [6.45, 7) is 4.21. The molecule has 0 radical (unpaired) electrons. The Balaban J connectivity index is 1.35. The number of rotatable bonds is 4. The van der Waals surface area contributed by atoms with Gasteiger partial charge in [-0.25, -0.2) is 4.98 Å². The van der Waals surface area contributed by atoms with E-state index in [1.54, 1.807) is 18.2 Å². The molecule has 170 valence electrons. The van der Waals surface area contributed by atoms with Gasteiger partial charge in [-0.2, -0.15) is 4.98 Å². The van der Waals surface area contributed by atoms with Crippen LogP contribution >= 0.6 is 23.2 Å². The molecule has 0 spiro atoms. The Morgan fingerprint density at radius 3 is 2.64 bits per heavy atom. The molecule has 2 aliphatic heterocycles. The van der Waals surface area contributed by atoms with Crippen LogP contribution in [-0.2, 0) is 0 Å². The van der Waals surface area contributed by atoms with Crippen molar-refractivity contribution in [2.45, 2.75) is 25.7 Å². The van der Waals surface area contributed by atoms with E-state index < -0.39 is 0 Å². The number of aryl methyl sites for hydroxylation is 1. The number of fused-ring (bicyclic) bond motifs is 1. The molecular weight excluding hydrogens is 461 g/mol. The number of hydrogen-bond acceptors (Lipinski definition) is 6. The minimum atomic E-state index is -0.319. The number of carbonyl (C=O) groups excluding carboxylic acids is 1. The number of hydrogen-bond donors (Lipinski definition) is 2. The van der Waals surface area contributed by atoms with Gasteiger partial charge in [0.25, 0.3) is 5.91 Å². The highest BCUT2D eigenvalue weighted by Crippen LogP contribution is 2.37. The first kappa shape index (κ1) is 21.9. The van der Waals surface area contributed by atoms with Crippen LogP contribution in [0.5, 0.6) is 5.88 Å². The molecule has 2 aliphatic rings. The summed E-state index contributed by atoms with van der Waals surface area (Å²) >= 11 is 12.5. The third-order valence-electron chi connectivity index (χ3n) is 6.07. The number of halogens is 2. The molecule has 1 fully saturated rings. The van der Waals surface area contributed by atoms with Crippen molar-refractivity contribution >= 4 is 46.4 Å². The second-order valence-electron chi connectivity index (χ2n) is 8.21. The Kier molecular flexibility index (Phi) is 6.10. The zero-order chi connectivity index (χ0) is 22.9. The van der Waals surface area contributed by atoms with Gasteiger partial charge in [0.05, 0.1) is 15.7 Å². The van der Waals surface area contributed by atoms with Crippen LogP contribution in [0.15, 0.2) is 42.6 Å². The molecule has 0 saturated carbocycles. The number of ether oxygens (including phenoxy) is 1. The van der Waals surface area contributed by atoms with Gasteiger partial charge in [0.1, 0.15) is 5.56 Å². The molecule has 0 unspecified atom stereocenters. The number of piperidine rings is 1. The number of amides is 1. The third kappa shape index (κ3) is 4.36. The summed E-state index contributed by atoms with van der Waals surface area (Å²) in [4.78, 5) is 23.2. The van der Waals surface area contributed by atoms with Gasteiger partial charge in [0, 0.05) is 11.9 Å². The molecule has 5 rings (SSSR count). The van der Waals surface area contributed by atoms with Gasteiger partial charge >= 0.3 is 0 Å². The topological polar surface area (TPSA) is 79.4 Å². The van der Waals surface area contributed by atoms with Crippen LogP contribution in [0.4, 0.5) is 17.3 Å². The van der Waals surface area contributed by atoms with Crippen LogP contribution in [-0.4, -0.2) is 35.7 Å². The van der Waals surface area contributed by atoms with Crippen LogP contribution in [0, 0.1) is 6.92 Å². The SMILES string of the molecule is Cc1cc(Nc2ncc3c(n2)OCN(c2c(Cl)cccc2Cl)C3=O)ccc1C1CCNCC1. The van der Waals surface area contributed by atoms with Gasteiger partial charge in [0.15, 0.2) is 6.73 Å². The highest BCUT2D eigenvalue weighted by Gasteiger charge is 2.31. The Bertz CT molecular complexity index is 1190. The molecule has 0 atom stereocenters. The number of nitrogens with one attached hydrogen (secondary N) is 2. The lowest BCUT2D eigenvalue weighted by atomic mass is 9.87. The molecule has 1 saturated heterocycles. The summed E-state index contributed by atoms with van der Waals surface area (Å²) in [5.74, 6) is 0.856. The maximum absolute atomic E-state index is 13.0. The summed E-state index contributed by atoms with van der Waals surface area (Å²) in [6, 6.07) is 11.4. The second-order valence-corrected chi connectivity index (χ2v) is 9.02. The van der Waals surface area contributed by atoms with E-state index in [-0.39, 0.29) is 24.1 Å². The van der Waals surface area contributed by atoms with Gasteiger partial charge in [-0.15, -0.1) is 0 Å². The molecule has 1 aromatic heterocycles. The minimum absolute atomic E-state index is 0.0458. The largest absolute Gasteiger partial charge is 0.455 e. The predicted octanol–water partition coefficient (Wildman–Crippen LogP) is 5.30. The van der Waals surface area contributed by atoms with E-state index in [0.29, 0.717) is 27.6 Å². The Labute approximate surface area is 202 Å². The van der Waals surface area contributed by atoms with Crippen molar-refractivity contribution in [3.05, 3.63) is 69.3 Å². The Hall–Kier alpha value is -2.87. The Morgan fingerprint density at radius 2 is 1.91 bits per heavy atom. The summed E-state index contributed by atoms with van der Waals surface area (Å²) in [6.07, 6.45) is 3.77. The zero-order valence-corrected chi connectivity index (χ0v) is 19.6. The van der Waals surface area contributed by atoms with Crippen LogP contribution < -0.4 is 20.3 Å². The summed E-state index contributed by atoms with van der Waals surface area (Å²) in [5, 5.41) is 7.36. The van der Waals surface area contributed by atoms with Crippen molar-refractivity contribution in [3.63, 3.8) is 0 Å². The van der Waals surface area contributed by atoms with E-state index in [2.05, 4.69) is 39.7 Å². The highest BCUT2D eigenvalue weighted by molar-refractivity contribution is 6.40. The molecule has 7 nitrogen and oxygen atoms in total. The van der Waals surface area contributed by atoms with Crippen LogP contribution in [0.1, 0.15) is 40.2 Å². The van der Waals surface area contributed by atoms with E-state index in [9.17, 15) is 4.79 Å². The summed E-state index contributed by atoms with van der Waals surface area (Å²) in [7, 11) is 0. The van der Waals surface area contributed by atoms with Crippen LogP contribution in [0.2, 0.25) is 10.0 Å². The molecule has 0 bridgehead atoms. The lowest BCUT2D eigenvalue weighted by Crippen LogP contribution is -2.39. The number of aromatic nitrogens is 2. The molecule has 2 N–H and O–H groups in total. The number of anilines is 3. The molecule has 2 aromatic carbocycles. The molecule has 0 aliphatic carbocycles. The lowest BCUT2D eigenvalue weighted by molar-refractivity contribution is 0.0932. The molecular formula is C24H23Cl2N5O2. The third-order valence-corrected chi connectivity index (χ3v) is 6.68. The minimum Gasteiger partial charge on any atom is -0.455 e. The normalized spacial score (nSPS) is 16.3. The van der Waals surface area contributed by atoms with Gasteiger partial charge in [-0.05, 0) is 74.2 Å². The number of nitrogens with zero attached hydrogens (tertiary/aromatic N) is 3. The maximum atomic E-state index is 13.0. The van der Waals surface area contributed by atoms with Gasteiger partial charge in [-0.3, -0.25) is 9.69 Å². The second kappa shape index (κ2) is 9.17. The molecule has 9 heteroatoms.